The topological polar surface area (TPSA) is 12.0 Å². The van der Waals surface area contributed by atoms with Crippen LogP contribution >= 0.6 is 23.2 Å². The van der Waals surface area contributed by atoms with Gasteiger partial charge in [0.15, 0.2) is 4.46 Å². The Balaban J connectivity index is 3.28. The van der Waals surface area contributed by atoms with Crippen LogP contribution in [0.2, 0.25) is 0 Å². The fourth-order valence-corrected chi connectivity index (χ4v) is 0.989. The molecule has 1 N–H and O–H groups in total. The minimum Gasteiger partial charge on any atom is -0.289 e. The highest BCUT2D eigenvalue weighted by Gasteiger charge is 2.19. The monoisotopic (exact) mass is 183 g/mol. The predicted molar refractivity (Wildman–Crippen MR) is 47.6 cm³/mol. The zero-order chi connectivity index (χ0) is 8.04. The van der Waals surface area contributed by atoms with Crippen molar-refractivity contribution in [2.24, 2.45) is 0 Å². The second-order valence-electron chi connectivity index (χ2n) is 2.41. The molecule has 0 aromatic rings. The van der Waals surface area contributed by atoms with Crippen LogP contribution in [0.25, 0.3) is 0 Å². The maximum atomic E-state index is 5.81. The molecule has 3 heteroatoms. The van der Waals surface area contributed by atoms with Crippen LogP contribution < -0.4 is 5.32 Å². The van der Waals surface area contributed by atoms with E-state index in [1.807, 2.05) is 0 Å². The van der Waals surface area contributed by atoms with E-state index in [1.54, 1.807) is 7.05 Å². The van der Waals surface area contributed by atoms with Crippen molar-refractivity contribution >= 4 is 23.2 Å². The molecule has 0 atom stereocenters. The van der Waals surface area contributed by atoms with Crippen molar-refractivity contribution < 1.29 is 0 Å². The van der Waals surface area contributed by atoms with Gasteiger partial charge < -0.3 is 0 Å². The molecule has 0 aromatic carbocycles. The third-order valence-corrected chi connectivity index (χ3v) is 2.22. The van der Waals surface area contributed by atoms with Gasteiger partial charge in [0, 0.05) is 0 Å². The van der Waals surface area contributed by atoms with Crippen molar-refractivity contribution in [3.8, 4) is 0 Å². The molecule has 0 saturated carbocycles. The molecule has 0 fully saturated rings. The molecule has 0 aromatic heterocycles. The first-order valence-electron chi connectivity index (χ1n) is 3.69. The second kappa shape index (κ2) is 5.22. The Hall–Kier alpha value is 0.540. The highest BCUT2D eigenvalue weighted by molar-refractivity contribution is 6.47. The quantitative estimate of drug-likeness (QED) is 0.393. The van der Waals surface area contributed by atoms with E-state index in [9.17, 15) is 0 Å². The molecule has 62 valence electrons. The van der Waals surface area contributed by atoms with Crippen molar-refractivity contribution in [1.29, 1.82) is 0 Å². The third kappa shape index (κ3) is 5.33. The number of halogens is 2. The van der Waals surface area contributed by atoms with Crippen molar-refractivity contribution in [3.05, 3.63) is 0 Å². The maximum absolute atomic E-state index is 5.81. The number of nitrogens with one attached hydrogen (secondary N) is 1. The minimum atomic E-state index is -0.713. The summed E-state index contributed by atoms with van der Waals surface area (Å²) in [6.07, 6.45) is 4.31. The van der Waals surface area contributed by atoms with Crippen molar-refractivity contribution in [2.75, 3.05) is 7.05 Å². The van der Waals surface area contributed by atoms with Gasteiger partial charge in [0.05, 0.1) is 0 Å². The zero-order valence-electron chi connectivity index (χ0n) is 6.58. The summed E-state index contributed by atoms with van der Waals surface area (Å²) >= 11 is 11.6. The summed E-state index contributed by atoms with van der Waals surface area (Å²) in [5, 5.41) is 2.83. The lowest BCUT2D eigenvalue weighted by molar-refractivity contribution is 0.559. The lowest BCUT2D eigenvalue weighted by Gasteiger charge is -2.17. The van der Waals surface area contributed by atoms with E-state index >= 15 is 0 Å². The zero-order valence-corrected chi connectivity index (χ0v) is 8.10. The number of alkyl halides is 2. The molecule has 0 heterocycles. The summed E-state index contributed by atoms with van der Waals surface area (Å²) in [5.74, 6) is 0. The first kappa shape index (κ1) is 10.5. The molecule has 0 rings (SSSR count). The fraction of sp³-hybridized carbons (Fsp3) is 1.00. The Morgan fingerprint density at radius 1 is 1.30 bits per heavy atom. The van der Waals surface area contributed by atoms with E-state index in [2.05, 4.69) is 12.2 Å². The smallest absolute Gasteiger partial charge is 0.168 e. The van der Waals surface area contributed by atoms with E-state index in [-0.39, 0.29) is 0 Å². The van der Waals surface area contributed by atoms with Gasteiger partial charge in [-0.3, -0.25) is 5.32 Å². The largest absolute Gasteiger partial charge is 0.289 e. The fourth-order valence-electron chi connectivity index (χ4n) is 0.722. The average molecular weight is 184 g/mol. The molecule has 0 aliphatic carbocycles. The highest BCUT2D eigenvalue weighted by Crippen LogP contribution is 2.23. The summed E-state index contributed by atoms with van der Waals surface area (Å²) < 4.78 is -0.713. The van der Waals surface area contributed by atoms with Crippen LogP contribution in [0.4, 0.5) is 0 Å². The SMILES string of the molecule is CCCCCC(Cl)(Cl)NC. The van der Waals surface area contributed by atoms with Gasteiger partial charge in [0.2, 0.25) is 0 Å². The predicted octanol–water partition coefficient (Wildman–Crippen LogP) is 2.92. The van der Waals surface area contributed by atoms with Crippen molar-refractivity contribution in [1.82, 2.24) is 5.32 Å². The molecule has 0 spiro atoms. The summed E-state index contributed by atoms with van der Waals surface area (Å²) in [6.45, 7) is 2.16. The number of rotatable bonds is 5. The van der Waals surface area contributed by atoms with Crippen LogP contribution in [0.1, 0.15) is 32.6 Å². The first-order chi connectivity index (χ1) is 4.62. The van der Waals surface area contributed by atoms with Gasteiger partial charge in [-0.1, -0.05) is 43.0 Å². The third-order valence-electron chi connectivity index (χ3n) is 1.46. The first-order valence-corrected chi connectivity index (χ1v) is 4.44. The van der Waals surface area contributed by atoms with Crippen LogP contribution in [0.15, 0.2) is 0 Å². The molecule has 0 aliphatic heterocycles. The van der Waals surface area contributed by atoms with Gasteiger partial charge in [-0.05, 0) is 19.9 Å². The number of hydrogen-bond acceptors (Lipinski definition) is 1. The van der Waals surface area contributed by atoms with E-state index in [0.29, 0.717) is 0 Å². The molecule has 0 amide bonds. The van der Waals surface area contributed by atoms with E-state index in [4.69, 9.17) is 23.2 Å². The van der Waals surface area contributed by atoms with E-state index < -0.39 is 4.46 Å². The summed E-state index contributed by atoms with van der Waals surface area (Å²) in [4.78, 5) is 0. The van der Waals surface area contributed by atoms with E-state index in [1.165, 1.54) is 12.8 Å². The van der Waals surface area contributed by atoms with Gasteiger partial charge >= 0.3 is 0 Å². The van der Waals surface area contributed by atoms with Gasteiger partial charge in [0.25, 0.3) is 0 Å². The van der Waals surface area contributed by atoms with Crippen molar-refractivity contribution in [3.63, 3.8) is 0 Å². The Kier molecular flexibility index (Phi) is 5.51. The maximum Gasteiger partial charge on any atom is 0.168 e. The number of unbranched alkanes of at least 4 members (excludes halogenated alkanes) is 2. The van der Waals surface area contributed by atoms with Crippen LogP contribution in [0.5, 0.6) is 0 Å². The Morgan fingerprint density at radius 2 is 1.90 bits per heavy atom. The molecular formula is C7H15Cl2N. The van der Waals surface area contributed by atoms with Crippen LogP contribution in [-0.2, 0) is 0 Å². The van der Waals surface area contributed by atoms with Crippen LogP contribution in [0, 0.1) is 0 Å². The summed E-state index contributed by atoms with van der Waals surface area (Å²) in [6, 6.07) is 0. The van der Waals surface area contributed by atoms with Gasteiger partial charge in [0.1, 0.15) is 0 Å². The summed E-state index contributed by atoms with van der Waals surface area (Å²) in [7, 11) is 1.77. The van der Waals surface area contributed by atoms with Crippen molar-refractivity contribution in [2.45, 2.75) is 37.1 Å². The standard InChI is InChI=1S/C7H15Cl2N/c1-3-4-5-6-7(8,9)10-2/h10H,3-6H2,1-2H3. The Morgan fingerprint density at radius 3 is 2.30 bits per heavy atom. The summed E-state index contributed by atoms with van der Waals surface area (Å²) in [5.41, 5.74) is 0. The average Bonchev–Trinajstić information content (AvgIpc) is 1.89. The molecule has 0 aliphatic rings. The highest BCUT2D eigenvalue weighted by atomic mass is 35.5. The lowest BCUT2D eigenvalue weighted by Crippen LogP contribution is -2.30. The Bertz CT molecular complexity index is 83.7. The van der Waals surface area contributed by atoms with Gasteiger partial charge in [-0.25, -0.2) is 0 Å². The molecular weight excluding hydrogens is 169 g/mol. The normalized spacial score (nSPS) is 12.0. The van der Waals surface area contributed by atoms with Gasteiger partial charge in [-0.15, -0.1) is 0 Å². The number of hydrogen-bond donors (Lipinski definition) is 1. The minimum absolute atomic E-state index is 0.713. The second-order valence-corrected chi connectivity index (χ2v) is 3.90. The molecule has 0 bridgehead atoms. The molecule has 0 unspecified atom stereocenters. The van der Waals surface area contributed by atoms with Gasteiger partial charge in [-0.2, -0.15) is 0 Å². The molecule has 1 nitrogen and oxygen atoms in total. The van der Waals surface area contributed by atoms with Crippen LogP contribution in [0.3, 0.4) is 0 Å². The molecule has 10 heavy (non-hydrogen) atoms. The van der Waals surface area contributed by atoms with E-state index in [0.717, 1.165) is 12.8 Å². The lowest BCUT2D eigenvalue weighted by atomic mass is 10.2. The van der Waals surface area contributed by atoms with Crippen LogP contribution in [-0.4, -0.2) is 11.5 Å². The Labute approximate surface area is 73.1 Å². The molecule has 0 saturated heterocycles. The molecule has 0 radical (unpaired) electrons.